The maximum Gasteiger partial charge on any atom is 0.189 e. The van der Waals surface area contributed by atoms with E-state index in [0.717, 1.165) is 11.1 Å². The molecule has 7 nitrogen and oxygen atoms in total. The summed E-state index contributed by atoms with van der Waals surface area (Å²) in [7, 11) is 1.58. The van der Waals surface area contributed by atoms with Crippen LogP contribution in [0.15, 0.2) is 60.7 Å². The smallest absolute Gasteiger partial charge is 0.189 e. The summed E-state index contributed by atoms with van der Waals surface area (Å²) in [5.41, 5.74) is 2.11. The average molecular weight is 430 g/mol. The zero-order valence-corrected chi connectivity index (χ0v) is 17.9. The van der Waals surface area contributed by atoms with Gasteiger partial charge in [0, 0.05) is 7.11 Å². The fourth-order valence-electron chi connectivity index (χ4n) is 3.97. The van der Waals surface area contributed by atoms with Crippen molar-refractivity contribution in [3.8, 4) is 0 Å². The van der Waals surface area contributed by atoms with Crippen LogP contribution in [0.5, 0.6) is 0 Å². The largest absolute Gasteiger partial charge is 0.391 e. The molecule has 0 saturated carbocycles. The Kier molecular flexibility index (Phi) is 7.35. The summed E-state index contributed by atoms with van der Waals surface area (Å²) in [6.07, 6.45) is -2.53. The zero-order chi connectivity index (χ0) is 21.7. The van der Waals surface area contributed by atoms with Gasteiger partial charge >= 0.3 is 0 Å². The number of hydrogen-bond acceptors (Lipinski definition) is 7. The molecule has 4 rings (SSSR count). The topological polar surface area (TPSA) is 75.6 Å². The Morgan fingerprint density at radius 2 is 1.52 bits per heavy atom. The molecule has 0 aromatic heterocycles. The van der Waals surface area contributed by atoms with E-state index in [9.17, 15) is 5.11 Å². The van der Waals surface area contributed by atoms with Crippen LogP contribution in [0.25, 0.3) is 0 Å². The van der Waals surface area contributed by atoms with E-state index in [1.807, 2.05) is 60.7 Å². The first-order valence-electron chi connectivity index (χ1n) is 10.5. The van der Waals surface area contributed by atoms with Gasteiger partial charge in [-0.25, -0.2) is 0 Å². The van der Waals surface area contributed by atoms with E-state index in [1.54, 1.807) is 14.0 Å². The molecule has 31 heavy (non-hydrogen) atoms. The molecule has 6 atom stereocenters. The van der Waals surface area contributed by atoms with Gasteiger partial charge in [0.05, 0.1) is 26.4 Å². The summed E-state index contributed by atoms with van der Waals surface area (Å²) >= 11 is 0. The Labute approximate surface area is 182 Å². The van der Waals surface area contributed by atoms with Gasteiger partial charge in [-0.15, -0.1) is 0 Å². The molecule has 2 aromatic rings. The maximum absolute atomic E-state index is 9.81. The van der Waals surface area contributed by atoms with Crippen LogP contribution in [0, 0.1) is 0 Å². The van der Waals surface area contributed by atoms with Crippen molar-refractivity contribution >= 4 is 0 Å². The quantitative estimate of drug-likeness (QED) is 0.656. The lowest BCUT2D eigenvalue weighted by molar-refractivity contribution is -0.288. The Hall–Kier alpha value is -1.84. The predicted octanol–water partition coefficient (Wildman–Crippen LogP) is 2.65. The van der Waals surface area contributed by atoms with Crippen LogP contribution in [0.3, 0.4) is 0 Å². The summed E-state index contributed by atoms with van der Waals surface area (Å²) in [5.74, 6) is -1.13. The lowest BCUT2D eigenvalue weighted by Crippen LogP contribution is -2.58. The normalized spacial score (nSPS) is 32.7. The molecule has 2 heterocycles. The van der Waals surface area contributed by atoms with Crippen molar-refractivity contribution in [2.45, 2.75) is 56.6 Å². The molecule has 2 aromatic carbocycles. The lowest BCUT2D eigenvalue weighted by Gasteiger charge is -2.41. The van der Waals surface area contributed by atoms with Crippen LogP contribution in [0.4, 0.5) is 0 Å². The van der Waals surface area contributed by atoms with Crippen molar-refractivity contribution in [1.82, 2.24) is 0 Å². The number of aliphatic hydroxyl groups is 1. The molecule has 0 radical (unpaired) electrons. The zero-order valence-electron chi connectivity index (χ0n) is 17.9. The van der Waals surface area contributed by atoms with Crippen molar-refractivity contribution in [3.63, 3.8) is 0 Å². The van der Waals surface area contributed by atoms with Gasteiger partial charge in [0.1, 0.15) is 24.4 Å². The van der Waals surface area contributed by atoms with Gasteiger partial charge in [0.2, 0.25) is 0 Å². The number of ether oxygens (including phenoxy) is 6. The molecule has 7 heteroatoms. The number of aliphatic hydroxyl groups excluding tert-OH is 1. The first kappa shape index (κ1) is 22.4. The van der Waals surface area contributed by atoms with Gasteiger partial charge in [-0.05, 0) is 18.1 Å². The van der Waals surface area contributed by atoms with Crippen molar-refractivity contribution in [1.29, 1.82) is 0 Å². The van der Waals surface area contributed by atoms with Crippen LogP contribution >= 0.6 is 0 Å². The summed E-state index contributed by atoms with van der Waals surface area (Å²) in [6.45, 7) is 2.57. The molecule has 0 bridgehead atoms. The molecular formula is C24H30O7. The third-order valence-corrected chi connectivity index (χ3v) is 5.56. The molecular weight excluding hydrogens is 400 g/mol. The van der Waals surface area contributed by atoms with E-state index in [4.69, 9.17) is 28.4 Å². The first-order valence-corrected chi connectivity index (χ1v) is 10.5. The van der Waals surface area contributed by atoms with Crippen LogP contribution < -0.4 is 0 Å². The Bertz CT molecular complexity index is 802. The molecule has 0 spiro atoms. The van der Waals surface area contributed by atoms with Crippen molar-refractivity contribution in [2.75, 3.05) is 20.3 Å². The number of methoxy groups -OCH3 is 1. The molecule has 2 fully saturated rings. The van der Waals surface area contributed by atoms with Gasteiger partial charge in [-0.2, -0.15) is 0 Å². The van der Waals surface area contributed by atoms with Gasteiger partial charge in [-0.1, -0.05) is 60.7 Å². The van der Waals surface area contributed by atoms with Crippen molar-refractivity contribution in [2.24, 2.45) is 0 Å². The molecule has 2 saturated heterocycles. The summed E-state index contributed by atoms with van der Waals surface area (Å²) in [5, 5.41) is 9.81. The van der Waals surface area contributed by atoms with Crippen molar-refractivity contribution in [3.05, 3.63) is 71.8 Å². The van der Waals surface area contributed by atoms with E-state index < -0.39 is 36.5 Å². The average Bonchev–Trinajstić information content (AvgIpc) is 3.17. The summed E-state index contributed by atoms with van der Waals surface area (Å²) < 4.78 is 36.0. The molecule has 0 aliphatic carbocycles. The third kappa shape index (κ3) is 5.32. The van der Waals surface area contributed by atoms with Gasteiger partial charge < -0.3 is 33.5 Å². The molecule has 1 N–H and O–H groups in total. The third-order valence-electron chi connectivity index (χ3n) is 5.56. The Balaban J connectivity index is 1.45. The first-order chi connectivity index (χ1) is 15.1. The van der Waals surface area contributed by atoms with E-state index in [2.05, 4.69) is 0 Å². The number of benzene rings is 2. The second-order valence-electron chi connectivity index (χ2n) is 8.00. The highest BCUT2D eigenvalue weighted by atomic mass is 16.8. The van der Waals surface area contributed by atoms with Gasteiger partial charge in [0.15, 0.2) is 12.1 Å². The second-order valence-corrected chi connectivity index (χ2v) is 8.00. The number of fused-ring (bicyclic) bond motifs is 1. The minimum atomic E-state index is -1.13. The maximum atomic E-state index is 9.81. The fourth-order valence-corrected chi connectivity index (χ4v) is 3.97. The molecule has 0 amide bonds. The minimum Gasteiger partial charge on any atom is -0.391 e. The van der Waals surface area contributed by atoms with E-state index in [1.165, 1.54) is 0 Å². The molecule has 0 unspecified atom stereocenters. The van der Waals surface area contributed by atoms with Crippen molar-refractivity contribution < 1.29 is 33.5 Å². The predicted molar refractivity (Wildman–Crippen MR) is 112 cm³/mol. The Morgan fingerprint density at radius 1 is 0.903 bits per heavy atom. The van der Waals surface area contributed by atoms with Crippen LogP contribution in [-0.4, -0.2) is 61.9 Å². The SMILES string of the molecule is CO[C@H]1O[C@H](COCc2ccccc2)[C@@H]2O[C@@](C)(CO)O[C@@H]2[C@H]1OCc1ccccc1. The minimum absolute atomic E-state index is 0.277. The van der Waals surface area contributed by atoms with Gasteiger partial charge in [0.25, 0.3) is 0 Å². The van der Waals surface area contributed by atoms with E-state index in [0.29, 0.717) is 19.8 Å². The monoisotopic (exact) mass is 430 g/mol. The van der Waals surface area contributed by atoms with Crippen LogP contribution in [0.1, 0.15) is 18.1 Å². The molecule has 2 aliphatic heterocycles. The highest BCUT2D eigenvalue weighted by Crippen LogP contribution is 2.39. The summed E-state index contributed by atoms with van der Waals surface area (Å²) in [6, 6.07) is 19.8. The standard InChI is InChI=1S/C24H30O7/c1-24(16-25)30-20-19(15-27-13-17-9-5-3-6-10-17)29-23(26-2)22(21(20)31-24)28-14-18-11-7-4-8-12-18/h3-12,19-23,25H,13-16H2,1-2H3/t19-,20+,21+,22-,23+,24-/m1/s1. The highest BCUT2D eigenvalue weighted by molar-refractivity contribution is 5.14. The van der Waals surface area contributed by atoms with Crippen LogP contribution in [0.2, 0.25) is 0 Å². The Morgan fingerprint density at radius 3 is 2.13 bits per heavy atom. The lowest BCUT2D eigenvalue weighted by atomic mass is 9.99. The van der Waals surface area contributed by atoms with Crippen LogP contribution in [-0.2, 0) is 41.6 Å². The molecule has 2 aliphatic rings. The number of hydrogen-bond donors (Lipinski definition) is 1. The summed E-state index contributed by atoms with van der Waals surface area (Å²) in [4.78, 5) is 0. The molecule has 168 valence electrons. The van der Waals surface area contributed by atoms with E-state index in [-0.39, 0.29) is 6.61 Å². The number of rotatable bonds is 9. The fraction of sp³-hybridized carbons (Fsp3) is 0.500. The highest BCUT2D eigenvalue weighted by Gasteiger charge is 2.57. The second kappa shape index (κ2) is 10.2. The van der Waals surface area contributed by atoms with E-state index >= 15 is 0 Å². The van der Waals surface area contributed by atoms with Gasteiger partial charge in [-0.3, -0.25) is 0 Å².